The standard InChI is InChI=1S/C17H17N3O4S/c1-11-4-3-5-13(12(11)2)19-17(23)20-14(21)10-24-16(22)7-6-15-18-8-9-25-15/h3-9H,10H2,1-2H3,(H2,19,20,21,23). The van der Waals surface area contributed by atoms with Crippen LogP contribution in [0.3, 0.4) is 0 Å². The van der Waals surface area contributed by atoms with Crippen LogP contribution in [0.15, 0.2) is 35.9 Å². The first kappa shape index (κ1) is 18.3. The zero-order chi connectivity index (χ0) is 18.2. The number of hydrogen-bond donors (Lipinski definition) is 2. The minimum absolute atomic E-state index is 0.554. The number of urea groups is 1. The molecule has 130 valence electrons. The van der Waals surface area contributed by atoms with Crippen LogP contribution in [0.4, 0.5) is 10.5 Å². The van der Waals surface area contributed by atoms with Crippen LogP contribution in [-0.2, 0) is 14.3 Å². The SMILES string of the molecule is Cc1cccc(NC(=O)NC(=O)COC(=O)C=Cc2nccs2)c1C. The summed E-state index contributed by atoms with van der Waals surface area (Å²) in [5, 5.41) is 7.10. The summed E-state index contributed by atoms with van der Waals surface area (Å²) in [6, 6.07) is 4.77. The molecule has 2 aromatic rings. The van der Waals surface area contributed by atoms with E-state index in [1.165, 1.54) is 23.5 Å². The number of amides is 3. The van der Waals surface area contributed by atoms with Crippen LogP contribution in [0, 0.1) is 13.8 Å². The summed E-state index contributed by atoms with van der Waals surface area (Å²) in [7, 11) is 0. The molecule has 0 radical (unpaired) electrons. The van der Waals surface area contributed by atoms with E-state index in [0.29, 0.717) is 10.7 Å². The van der Waals surface area contributed by atoms with Crippen molar-refractivity contribution in [1.29, 1.82) is 0 Å². The van der Waals surface area contributed by atoms with Crippen molar-refractivity contribution in [3.05, 3.63) is 52.0 Å². The van der Waals surface area contributed by atoms with Gasteiger partial charge in [0.15, 0.2) is 6.61 Å². The molecule has 0 aliphatic heterocycles. The van der Waals surface area contributed by atoms with Gasteiger partial charge in [-0.2, -0.15) is 0 Å². The number of carbonyl (C=O) groups is 3. The molecule has 1 aromatic heterocycles. The first-order chi connectivity index (χ1) is 12.0. The van der Waals surface area contributed by atoms with Gasteiger partial charge in [0.25, 0.3) is 5.91 Å². The molecule has 0 saturated carbocycles. The summed E-state index contributed by atoms with van der Waals surface area (Å²) in [4.78, 5) is 38.9. The van der Waals surface area contributed by atoms with Crippen LogP contribution in [0.1, 0.15) is 16.1 Å². The molecule has 0 aliphatic carbocycles. The van der Waals surface area contributed by atoms with Crippen molar-refractivity contribution in [3.63, 3.8) is 0 Å². The van der Waals surface area contributed by atoms with E-state index < -0.39 is 24.5 Å². The van der Waals surface area contributed by atoms with Crippen LogP contribution in [-0.4, -0.2) is 29.5 Å². The second-order valence-electron chi connectivity index (χ2n) is 5.06. The lowest BCUT2D eigenvalue weighted by molar-refractivity contribution is -0.143. The van der Waals surface area contributed by atoms with E-state index in [4.69, 9.17) is 4.74 Å². The fourth-order valence-corrected chi connectivity index (χ4v) is 2.37. The second kappa shape index (κ2) is 8.74. The van der Waals surface area contributed by atoms with E-state index in [0.717, 1.165) is 11.1 Å². The Bertz CT molecular complexity index is 800. The highest BCUT2D eigenvalue weighted by molar-refractivity contribution is 7.10. The van der Waals surface area contributed by atoms with Gasteiger partial charge in [-0.05, 0) is 37.1 Å². The molecule has 0 saturated heterocycles. The third-order valence-corrected chi connectivity index (χ3v) is 4.01. The van der Waals surface area contributed by atoms with Crippen molar-refractivity contribution in [1.82, 2.24) is 10.3 Å². The van der Waals surface area contributed by atoms with E-state index in [9.17, 15) is 14.4 Å². The number of aromatic nitrogens is 1. The number of nitrogens with zero attached hydrogens (tertiary/aromatic N) is 1. The molecule has 25 heavy (non-hydrogen) atoms. The van der Waals surface area contributed by atoms with E-state index in [1.807, 2.05) is 19.9 Å². The number of ether oxygens (including phenoxy) is 1. The highest BCUT2D eigenvalue weighted by Gasteiger charge is 2.11. The maximum atomic E-state index is 11.8. The third kappa shape index (κ3) is 5.85. The van der Waals surface area contributed by atoms with Gasteiger partial charge >= 0.3 is 12.0 Å². The Kier molecular flexibility index (Phi) is 6.41. The maximum Gasteiger partial charge on any atom is 0.331 e. The number of anilines is 1. The predicted molar refractivity (Wildman–Crippen MR) is 95.2 cm³/mol. The highest BCUT2D eigenvalue weighted by atomic mass is 32.1. The van der Waals surface area contributed by atoms with Gasteiger partial charge in [0.05, 0.1) is 0 Å². The van der Waals surface area contributed by atoms with Crippen molar-refractivity contribution in [3.8, 4) is 0 Å². The van der Waals surface area contributed by atoms with Gasteiger partial charge < -0.3 is 10.1 Å². The fourth-order valence-electron chi connectivity index (χ4n) is 1.84. The number of benzene rings is 1. The van der Waals surface area contributed by atoms with Gasteiger partial charge in [-0.3, -0.25) is 10.1 Å². The summed E-state index contributed by atoms with van der Waals surface area (Å²) in [5.74, 6) is -1.42. The molecule has 2 N–H and O–H groups in total. The average molecular weight is 359 g/mol. The summed E-state index contributed by atoms with van der Waals surface area (Å²) in [6.45, 7) is 3.23. The molecule has 0 aliphatic rings. The first-order valence-corrected chi connectivity index (χ1v) is 8.25. The number of aryl methyl sites for hydroxylation is 1. The van der Waals surface area contributed by atoms with Crippen molar-refractivity contribution in [2.45, 2.75) is 13.8 Å². The van der Waals surface area contributed by atoms with Crippen LogP contribution in [0.25, 0.3) is 6.08 Å². The Morgan fingerprint density at radius 1 is 1.28 bits per heavy atom. The molecular weight excluding hydrogens is 342 g/mol. The molecule has 0 bridgehead atoms. The summed E-state index contributed by atoms with van der Waals surface area (Å²) >= 11 is 1.36. The van der Waals surface area contributed by atoms with Crippen LogP contribution in [0.5, 0.6) is 0 Å². The Labute approximate surface area is 148 Å². The van der Waals surface area contributed by atoms with E-state index in [-0.39, 0.29) is 0 Å². The van der Waals surface area contributed by atoms with Crippen molar-refractivity contribution < 1.29 is 19.1 Å². The molecule has 1 heterocycles. The smallest absolute Gasteiger partial charge is 0.331 e. The molecule has 0 fully saturated rings. The van der Waals surface area contributed by atoms with Gasteiger partial charge in [0.2, 0.25) is 0 Å². The lowest BCUT2D eigenvalue weighted by Gasteiger charge is -2.10. The van der Waals surface area contributed by atoms with Gasteiger partial charge in [0.1, 0.15) is 5.01 Å². The molecule has 7 nitrogen and oxygen atoms in total. The van der Waals surface area contributed by atoms with Crippen molar-refractivity contribution >= 4 is 41.0 Å². The maximum absolute atomic E-state index is 11.8. The fraction of sp³-hybridized carbons (Fsp3) is 0.176. The molecular formula is C17H17N3O4S. The number of nitrogens with one attached hydrogen (secondary N) is 2. The zero-order valence-electron chi connectivity index (χ0n) is 13.7. The van der Waals surface area contributed by atoms with Gasteiger partial charge in [-0.25, -0.2) is 14.6 Å². The number of hydrogen-bond acceptors (Lipinski definition) is 6. The number of thiazole rings is 1. The first-order valence-electron chi connectivity index (χ1n) is 7.37. The molecule has 1 aromatic carbocycles. The van der Waals surface area contributed by atoms with Crippen molar-refractivity contribution in [2.75, 3.05) is 11.9 Å². The van der Waals surface area contributed by atoms with Crippen molar-refractivity contribution in [2.24, 2.45) is 0 Å². The van der Waals surface area contributed by atoms with Crippen LogP contribution in [0.2, 0.25) is 0 Å². The topological polar surface area (TPSA) is 97.4 Å². The van der Waals surface area contributed by atoms with E-state index in [1.54, 1.807) is 23.7 Å². The predicted octanol–water partition coefficient (Wildman–Crippen LogP) is 2.66. The Balaban J connectivity index is 1.76. The molecule has 0 unspecified atom stereocenters. The Morgan fingerprint density at radius 3 is 2.80 bits per heavy atom. The summed E-state index contributed by atoms with van der Waals surface area (Å²) in [5.41, 5.74) is 2.53. The lowest BCUT2D eigenvalue weighted by Crippen LogP contribution is -2.37. The van der Waals surface area contributed by atoms with Gasteiger partial charge in [-0.1, -0.05) is 12.1 Å². The monoisotopic (exact) mass is 359 g/mol. The molecule has 0 spiro atoms. The quantitative estimate of drug-likeness (QED) is 0.632. The minimum Gasteiger partial charge on any atom is -0.452 e. The molecule has 2 rings (SSSR count). The normalized spacial score (nSPS) is 10.5. The Morgan fingerprint density at radius 2 is 2.08 bits per heavy atom. The van der Waals surface area contributed by atoms with Gasteiger partial charge in [-0.15, -0.1) is 11.3 Å². The number of esters is 1. The molecule has 0 atom stereocenters. The minimum atomic E-state index is -0.723. The number of imide groups is 1. The lowest BCUT2D eigenvalue weighted by atomic mass is 10.1. The number of rotatable bonds is 5. The second-order valence-corrected chi connectivity index (χ2v) is 5.99. The van der Waals surface area contributed by atoms with Gasteiger partial charge in [0, 0.05) is 23.3 Å². The average Bonchev–Trinajstić information content (AvgIpc) is 3.08. The van der Waals surface area contributed by atoms with E-state index >= 15 is 0 Å². The van der Waals surface area contributed by atoms with Crippen LogP contribution >= 0.6 is 11.3 Å². The Hall–Kier alpha value is -3.00. The largest absolute Gasteiger partial charge is 0.452 e. The molecule has 8 heteroatoms. The summed E-state index contributed by atoms with van der Waals surface area (Å²) < 4.78 is 4.76. The van der Waals surface area contributed by atoms with E-state index in [2.05, 4.69) is 15.6 Å². The third-order valence-electron chi connectivity index (χ3n) is 3.26. The summed E-state index contributed by atoms with van der Waals surface area (Å²) in [6.07, 6.45) is 4.26. The molecule has 3 amide bonds. The highest BCUT2D eigenvalue weighted by Crippen LogP contribution is 2.17. The zero-order valence-corrected chi connectivity index (χ0v) is 14.6. The van der Waals surface area contributed by atoms with Crippen LogP contribution < -0.4 is 10.6 Å². The number of carbonyl (C=O) groups excluding carboxylic acids is 3.